The first-order valence-corrected chi connectivity index (χ1v) is 14.9. The van der Waals surface area contributed by atoms with E-state index in [4.69, 9.17) is 9.15 Å². The van der Waals surface area contributed by atoms with Gasteiger partial charge in [0.2, 0.25) is 5.43 Å². The van der Waals surface area contributed by atoms with Gasteiger partial charge in [-0.3, -0.25) is 4.79 Å². The van der Waals surface area contributed by atoms with Crippen molar-refractivity contribution in [3.63, 3.8) is 0 Å². The topological polar surface area (TPSA) is 42.7 Å². The van der Waals surface area contributed by atoms with E-state index in [0.717, 1.165) is 39.7 Å². The third-order valence-electron chi connectivity index (χ3n) is 9.22. The second-order valence-electron chi connectivity index (χ2n) is 11.8. The number of fused-ring (bicyclic) bond motifs is 10. The molecule has 6 aromatic carbocycles. The minimum atomic E-state index is -0.607. The predicted octanol–water partition coefficient (Wildman–Crippen LogP) is 9.83. The smallest absolute Gasteiger partial charge is 0.200 e. The zero-order valence-corrected chi connectivity index (χ0v) is 24.3. The fourth-order valence-corrected chi connectivity index (χ4v) is 7.35. The van der Waals surface area contributed by atoms with Crippen LogP contribution in [-0.2, 0) is 5.41 Å². The number of rotatable bonds is 1. The normalized spacial score (nSPS) is 14.1. The Morgan fingerprint density at radius 1 is 0.545 bits per heavy atom. The Kier molecular flexibility index (Phi) is 5.07. The van der Waals surface area contributed by atoms with Gasteiger partial charge in [-0.1, -0.05) is 83.9 Å². The molecule has 210 valence electrons. The number of hydrogen-bond acceptors (Lipinski definition) is 4. The molecule has 0 unspecified atom stereocenters. The maximum absolute atomic E-state index is 13.4. The molecular weight excluding hydrogens is 542 g/mol. The lowest BCUT2D eigenvalue weighted by atomic mass is 9.61. The van der Waals surface area contributed by atoms with E-state index in [2.05, 4.69) is 91.5 Å². The largest absolute Gasteiger partial charge is 0.457 e. The molecule has 4 nitrogen and oxygen atoms in total. The van der Waals surface area contributed by atoms with E-state index in [1.54, 1.807) is 0 Å². The second kappa shape index (κ2) is 8.95. The zero-order valence-electron chi connectivity index (χ0n) is 24.3. The summed E-state index contributed by atoms with van der Waals surface area (Å²) < 4.78 is 12.9. The second-order valence-corrected chi connectivity index (χ2v) is 11.8. The summed E-state index contributed by atoms with van der Waals surface area (Å²) in [5, 5.41) is 1.16. The van der Waals surface area contributed by atoms with Crippen molar-refractivity contribution in [2.24, 2.45) is 0 Å². The van der Waals surface area contributed by atoms with Gasteiger partial charge >= 0.3 is 0 Å². The molecule has 0 fully saturated rings. The molecule has 1 aromatic heterocycles. The average Bonchev–Trinajstić information content (AvgIpc) is 3.05. The molecule has 0 saturated carbocycles. The van der Waals surface area contributed by atoms with Gasteiger partial charge in [0, 0.05) is 22.9 Å². The van der Waals surface area contributed by atoms with E-state index in [0.29, 0.717) is 21.9 Å². The van der Waals surface area contributed by atoms with Gasteiger partial charge in [-0.05, 0) is 73.5 Å². The first-order chi connectivity index (χ1) is 21.5. The lowest BCUT2D eigenvalue weighted by molar-refractivity contribution is 0.434. The number of aryl methyl sites for hydroxylation is 2. The lowest BCUT2D eigenvalue weighted by Gasteiger charge is -2.48. The summed E-state index contributed by atoms with van der Waals surface area (Å²) in [6.07, 6.45) is 0. The molecule has 0 N–H and O–H groups in total. The first kappa shape index (κ1) is 24.9. The van der Waals surface area contributed by atoms with Crippen molar-refractivity contribution in [2.45, 2.75) is 19.3 Å². The summed E-state index contributed by atoms with van der Waals surface area (Å²) in [5.41, 5.74) is 10.5. The van der Waals surface area contributed by atoms with E-state index >= 15 is 0 Å². The molecule has 3 heterocycles. The van der Waals surface area contributed by atoms with Crippen molar-refractivity contribution in [1.29, 1.82) is 0 Å². The van der Waals surface area contributed by atoms with Crippen LogP contribution in [0.2, 0.25) is 0 Å². The monoisotopic (exact) mass is 569 g/mol. The molecule has 9 rings (SSSR count). The van der Waals surface area contributed by atoms with E-state index < -0.39 is 5.41 Å². The highest BCUT2D eigenvalue weighted by Gasteiger charge is 2.51. The molecule has 0 radical (unpaired) electrons. The third-order valence-corrected chi connectivity index (χ3v) is 9.22. The number of para-hydroxylation sites is 3. The molecule has 1 spiro atoms. The number of anilines is 3. The highest BCUT2D eigenvalue weighted by atomic mass is 16.5. The summed E-state index contributed by atoms with van der Waals surface area (Å²) >= 11 is 0. The van der Waals surface area contributed by atoms with Crippen LogP contribution in [0.4, 0.5) is 17.1 Å². The van der Waals surface area contributed by atoms with Crippen LogP contribution in [0, 0.1) is 13.8 Å². The fraction of sp³-hybridized carbons (Fsp3) is 0.0750. The Hall–Kier alpha value is -5.61. The van der Waals surface area contributed by atoms with E-state index in [1.807, 2.05) is 54.6 Å². The van der Waals surface area contributed by atoms with E-state index in [1.165, 1.54) is 22.3 Å². The van der Waals surface area contributed by atoms with Crippen molar-refractivity contribution in [1.82, 2.24) is 0 Å². The van der Waals surface area contributed by atoms with Crippen molar-refractivity contribution < 1.29 is 9.15 Å². The molecule has 0 atom stereocenters. The summed E-state index contributed by atoms with van der Waals surface area (Å²) in [5.74, 6) is 1.72. The summed E-state index contributed by atoms with van der Waals surface area (Å²) in [7, 11) is 0. The molecule has 0 bridgehead atoms. The maximum Gasteiger partial charge on any atom is 0.200 e. The zero-order chi connectivity index (χ0) is 29.6. The van der Waals surface area contributed by atoms with E-state index in [-0.39, 0.29) is 5.43 Å². The van der Waals surface area contributed by atoms with Gasteiger partial charge in [0.15, 0.2) is 0 Å². The Bertz CT molecular complexity index is 2280. The van der Waals surface area contributed by atoms with Crippen LogP contribution in [-0.4, -0.2) is 0 Å². The molecular formula is C40H27NO3. The van der Waals surface area contributed by atoms with Crippen LogP contribution in [0.3, 0.4) is 0 Å². The van der Waals surface area contributed by atoms with Crippen LogP contribution in [0.5, 0.6) is 11.5 Å². The van der Waals surface area contributed by atoms with Crippen molar-refractivity contribution in [3.8, 4) is 11.5 Å². The number of nitrogens with zero attached hydrogens (tertiary/aromatic N) is 1. The summed E-state index contributed by atoms with van der Waals surface area (Å²) in [6, 6.07) is 43.6. The highest BCUT2D eigenvalue weighted by molar-refractivity contribution is 5.95. The fourth-order valence-electron chi connectivity index (χ4n) is 7.35. The standard InChI is InChI=1S/C40H27NO3/c1-24-15-19-33-31(21-24)40(29-10-4-7-13-36(29)44-37-14-8-5-11-30(37)40)32-22-25(2)16-20-34(32)41(33)26-17-18-28-38(23-26)43-35-12-6-3-9-27(35)39(28)42/h3-23H,1-2H3. The van der Waals surface area contributed by atoms with Crippen molar-refractivity contribution in [2.75, 3.05) is 4.90 Å². The SMILES string of the molecule is Cc1ccc2c(c1)C1(c3ccccc3Oc3ccccc31)c1cc(C)ccc1N2c1ccc2c(=O)c3ccccc3oc2c1. The van der Waals surface area contributed by atoms with Gasteiger partial charge in [0.25, 0.3) is 0 Å². The molecule has 2 aliphatic rings. The summed E-state index contributed by atoms with van der Waals surface area (Å²) in [4.78, 5) is 15.7. The van der Waals surface area contributed by atoms with Crippen molar-refractivity contribution >= 4 is 39.0 Å². The minimum Gasteiger partial charge on any atom is -0.457 e. The molecule has 7 aromatic rings. The van der Waals surface area contributed by atoms with Gasteiger partial charge in [-0.25, -0.2) is 0 Å². The maximum atomic E-state index is 13.4. The number of hydrogen-bond donors (Lipinski definition) is 0. The van der Waals surface area contributed by atoms with E-state index in [9.17, 15) is 4.79 Å². The predicted molar refractivity (Wildman–Crippen MR) is 176 cm³/mol. The number of ether oxygens (including phenoxy) is 1. The first-order valence-electron chi connectivity index (χ1n) is 14.9. The van der Waals surface area contributed by atoms with Gasteiger partial charge in [0.1, 0.15) is 22.7 Å². The molecule has 0 aliphatic carbocycles. The Morgan fingerprint density at radius 2 is 1.11 bits per heavy atom. The molecule has 2 aliphatic heterocycles. The minimum absolute atomic E-state index is 0.0199. The van der Waals surface area contributed by atoms with Gasteiger partial charge in [-0.2, -0.15) is 0 Å². The van der Waals surface area contributed by atoms with Gasteiger partial charge < -0.3 is 14.1 Å². The molecule has 44 heavy (non-hydrogen) atoms. The molecule has 4 heteroatoms. The third kappa shape index (κ3) is 3.25. The van der Waals surface area contributed by atoms with Crippen LogP contribution in [0.15, 0.2) is 137 Å². The van der Waals surface area contributed by atoms with Crippen LogP contribution in [0.25, 0.3) is 21.9 Å². The van der Waals surface area contributed by atoms with Crippen LogP contribution >= 0.6 is 0 Å². The lowest BCUT2D eigenvalue weighted by Crippen LogP contribution is -2.39. The van der Waals surface area contributed by atoms with Crippen LogP contribution in [0.1, 0.15) is 33.4 Å². The van der Waals surface area contributed by atoms with Gasteiger partial charge in [0.05, 0.1) is 27.6 Å². The Balaban J connectivity index is 1.40. The Morgan fingerprint density at radius 3 is 1.77 bits per heavy atom. The quantitative estimate of drug-likeness (QED) is 0.185. The Labute approximate surface area is 254 Å². The number of benzene rings is 6. The highest BCUT2D eigenvalue weighted by Crippen LogP contribution is 2.62. The average molecular weight is 570 g/mol. The van der Waals surface area contributed by atoms with Gasteiger partial charge in [-0.15, -0.1) is 0 Å². The summed E-state index contributed by atoms with van der Waals surface area (Å²) in [6.45, 7) is 4.30. The van der Waals surface area contributed by atoms with Crippen LogP contribution < -0.4 is 15.1 Å². The molecule has 0 amide bonds. The van der Waals surface area contributed by atoms with Crippen molar-refractivity contribution in [3.05, 3.63) is 171 Å². The molecule has 0 saturated heterocycles.